The quantitative estimate of drug-likeness (QED) is 0.414. The normalized spacial score (nSPS) is 16.4. The van der Waals surface area contributed by atoms with Gasteiger partial charge in [0.05, 0.1) is 34.7 Å². The number of hydrogen-bond acceptors (Lipinski definition) is 11. The van der Waals surface area contributed by atoms with Crippen molar-refractivity contribution in [2.45, 2.75) is 19.8 Å². The standard InChI is InChI=1S/C18H17N7O5/c1-3-29-18(26)13-9(2)24(17-15(20)22-30-23-17)16(21)12(8-19)14(13)10-4-6-11(7-5-10)25(27)28/h4-7,14H,3,21H2,1-2H3,(H2,20,22). The summed E-state index contributed by atoms with van der Waals surface area (Å²) in [6.07, 6.45) is 0. The first-order valence-electron chi connectivity index (χ1n) is 8.71. The van der Waals surface area contributed by atoms with Crippen molar-refractivity contribution in [1.29, 1.82) is 5.26 Å². The van der Waals surface area contributed by atoms with Gasteiger partial charge in [0.2, 0.25) is 11.6 Å². The van der Waals surface area contributed by atoms with E-state index >= 15 is 0 Å². The number of nitrogens with two attached hydrogens (primary N) is 2. The Morgan fingerprint density at radius 3 is 2.53 bits per heavy atom. The Balaban J connectivity index is 2.25. The number of rotatable bonds is 5. The molecule has 0 fully saturated rings. The molecule has 1 aliphatic rings. The summed E-state index contributed by atoms with van der Waals surface area (Å²) in [7, 11) is 0. The van der Waals surface area contributed by atoms with E-state index in [1.807, 2.05) is 6.07 Å². The summed E-state index contributed by atoms with van der Waals surface area (Å²) in [5, 5.41) is 28.0. The Morgan fingerprint density at radius 1 is 1.37 bits per heavy atom. The first kappa shape index (κ1) is 20.3. The summed E-state index contributed by atoms with van der Waals surface area (Å²) in [4.78, 5) is 24.6. The van der Waals surface area contributed by atoms with E-state index in [4.69, 9.17) is 16.2 Å². The van der Waals surface area contributed by atoms with Gasteiger partial charge in [-0.3, -0.25) is 15.0 Å². The molecule has 1 aromatic carbocycles. The molecule has 154 valence electrons. The van der Waals surface area contributed by atoms with Crippen molar-refractivity contribution < 1.29 is 19.1 Å². The molecule has 1 aromatic heterocycles. The Bertz CT molecular complexity index is 1110. The summed E-state index contributed by atoms with van der Waals surface area (Å²) >= 11 is 0. The van der Waals surface area contributed by atoms with Gasteiger partial charge < -0.3 is 16.2 Å². The molecule has 4 N–H and O–H groups in total. The van der Waals surface area contributed by atoms with Crippen molar-refractivity contribution >= 4 is 23.3 Å². The molecular weight excluding hydrogens is 394 g/mol. The fraction of sp³-hybridized carbons (Fsp3) is 0.222. The minimum atomic E-state index is -0.910. The number of nitro benzene ring substituents is 1. The second kappa shape index (κ2) is 7.92. The highest BCUT2D eigenvalue weighted by Gasteiger charge is 2.40. The largest absolute Gasteiger partial charge is 0.463 e. The number of non-ortho nitro benzene ring substituents is 1. The molecule has 3 rings (SSSR count). The summed E-state index contributed by atoms with van der Waals surface area (Å²) in [6.45, 7) is 3.32. The number of ether oxygens (including phenoxy) is 1. The van der Waals surface area contributed by atoms with Gasteiger partial charge in [0.1, 0.15) is 5.82 Å². The molecule has 0 radical (unpaired) electrons. The molecule has 30 heavy (non-hydrogen) atoms. The van der Waals surface area contributed by atoms with Crippen molar-refractivity contribution in [1.82, 2.24) is 10.3 Å². The van der Waals surface area contributed by atoms with E-state index in [0.717, 1.165) is 0 Å². The van der Waals surface area contributed by atoms with Gasteiger partial charge in [-0.25, -0.2) is 9.42 Å². The molecule has 12 heteroatoms. The smallest absolute Gasteiger partial charge is 0.336 e. The molecule has 0 bridgehead atoms. The number of nitrogens with zero attached hydrogens (tertiary/aromatic N) is 5. The lowest BCUT2D eigenvalue weighted by molar-refractivity contribution is -0.384. The number of nitriles is 1. The molecule has 0 saturated heterocycles. The summed E-state index contributed by atoms with van der Waals surface area (Å²) in [5.74, 6) is -1.70. The van der Waals surface area contributed by atoms with Crippen molar-refractivity contribution in [2.75, 3.05) is 17.2 Å². The average Bonchev–Trinajstić information content (AvgIpc) is 3.13. The fourth-order valence-corrected chi connectivity index (χ4v) is 3.26. The van der Waals surface area contributed by atoms with Gasteiger partial charge in [-0.2, -0.15) is 5.26 Å². The van der Waals surface area contributed by atoms with Crippen molar-refractivity contribution in [3.63, 3.8) is 0 Å². The topological polar surface area (TPSA) is 187 Å². The third kappa shape index (κ3) is 3.28. The van der Waals surface area contributed by atoms with E-state index in [0.29, 0.717) is 11.3 Å². The fourth-order valence-electron chi connectivity index (χ4n) is 3.26. The van der Waals surface area contributed by atoms with Gasteiger partial charge in [-0.1, -0.05) is 12.1 Å². The van der Waals surface area contributed by atoms with Crippen LogP contribution in [0.3, 0.4) is 0 Å². The van der Waals surface area contributed by atoms with E-state index in [1.165, 1.54) is 29.2 Å². The zero-order valence-corrected chi connectivity index (χ0v) is 16.0. The molecule has 1 atom stereocenters. The lowest BCUT2D eigenvalue weighted by Gasteiger charge is -2.34. The van der Waals surface area contributed by atoms with Crippen LogP contribution in [0.5, 0.6) is 0 Å². The van der Waals surface area contributed by atoms with E-state index in [9.17, 15) is 20.2 Å². The zero-order chi connectivity index (χ0) is 22.0. The van der Waals surface area contributed by atoms with Gasteiger partial charge in [-0.05, 0) is 29.7 Å². The van der Waals surface area contributed by atoms with Crippen LogP contribution in [0.15, 0.2) is 51.6 Å². The molecule has 0 saturated carbocycles. The van der Waals surface area contributed by atoms with Crippen LogP contribution in [0.4, 0.5) is 17.3 Å². The molecule has 0 amide bonds. The molecule has 1 aliphatic heterocycles. The Hall–Kier alpha value is -4.40. The van der Waals surface area contributed by atoms with Crippen LogP contribution in [0.2, 0.25) is 0 Å². The Labute approximate surface area is 170 Å². The van der Waals surface area contributed by atoms with E-state index in [2.05, 4.69) is 14.9 Å². The maximum Gasteiger partial charge on any atom is 0.336 e. The molecule has 12 nitrogen and oxygen atoms in total. The molecular formula is C18H17N7O5. The highest BCUT2D eigenvalue weighted by molar-refractivity contribution is 5.95. The van der Waals surface area contributed by atoms with Crippen molar-refractivity contribution in [2.24, 2.45) is 5.73 Å². The second-order valence-corrected chi connectivity index (χ2v) is 6.22. The Morgan fingerprint density at radius 2 is 2.03 bits per heavy atom. The minimum Gasteiger partial charge on any atom is -0.463 e. The van der Waals surface area contributed by atoms with Crippen LogP contribution >= 0.6 is 0 Å². The molecule has 2 heterocycles. The molecule has 0 aliphatic carbocycles. The molecule has 0 spiro atoms. The average molecular weight is 411 g/mol. The number of nitrogen functional groups attached to an aromatic ring is 1. The number of carbonyl (C=O) groups excluding carboxylic acids is 1. The van der Waals surface area contributed by atoms with E-state index < -0.39 is 16.8 Å². The lowest BCUT2D eigenvalue weighted by Crippen LogP contribution is -2.37. The number of anilines is 2. The summed E-state index contributed by atoms with van der Waals surface area (Å²) in [6, 6.07) is 7.50. The predicted octanol–water partition coefficient (Wildman–Crippen LogP) is 1.69. The number of hydrogen-bond donors (Lipinski definition) is 2. The zero-order valence-electron chi connectivity index (χ0n) is 16.0. The highest BCUT2D eigenvalue weighted by atomic mass is 16.6. The van der Waals surface area contributed by atoms with Crippen LogP contribution < -0.4 is 16.4 Å². The number of carbonyl (C=O) groups is 1. The second-order valence-electron chi connectivity index (χ2n) is 6.22. The van der Waals surface area contributed by atoms with Crippen LogP contribution in [0.1, 0.15) is 25.3 Å². The first-order chi connectivity index (χ1) is 14.3. The minimum absolute atomic E-state index is 0.0138. The maximum atomic E-state index is 12.9. The number of benzene rings is 1. The molecule has 2 aromatic rings. The SMILES string of the molecule is CCOC(=O)C1=C(C)N(c2nonc2N)C(N)=C(C#N)C1c1ccc([N+](=O)[O-])cc1. The Kier molecular flexibility index (Phi) is 5.37. The van der Waals surface area contributed by atoms with Gasteiger partial charge in [0.25, 0.3) is 5.69 Å². The van der Waals surface area contributed by atoms with Crippen LogP contribution in [-0.4, -0.2) is 27.8 Å². The van der Waals surface area contributed by atoms with Gasteiger partial charge in [0, 0.05) is 17.8 Å². The van der Waals surface area contributed by atoms with Crippen LogP contribution in [-0.2, 0) is 9.53 Å². The third-order valence-electron chi connectivity index (χ3n) is 4.58. The number of allylic oxidation sites excluding steroid dienone is 2. The third-order valence-corrected chi connectivity index (χ3v) is 4.58. The van der Waals surface area contributed by atoms with Crippen molar-refractivity contribution in [3.8, 4) is 6.07 Å². The molecule has 1 unspecified atom stereocenters. The maximum absolute atomic E-state index is 12.9. The summed E-state index contributed by atoms with van der Waals surface area (Å²) in [5.41, 5.74) is 12.8. The van der Waals surface area contributed by atoms with Crippen molar-refractivity contribution in [3.05, 3.63) is 62.6 Å². The predicted molar refractivity (Wildman–Crippen MR) is 103 cm³/mol. The monoisotopic (exact) mass is 411 g/mol. The van der Waals surface area contributed by atoms with Crippen LogP contribution in [0, 0.1) is 21.4 Å². The summed E-state index contributed by atoms with van der Waals surface area (Å²) < 4.78 is 9.82. The highest BCUT2D eigenvalue weighted by Crippen LogP contribution is 2.43. The number of nitro groups is 1. The van der Waals surface area contributed by atoms with Gasteiger partial charge in [0.15, 0.2) is 0 Å². The number of esters is 1. The van der Waals surface area contributed by atoms with Gasteiger partial charge >= 0.3 is 5.97 Å². The van der Waals surface area contributed by atoms with E-state index in [-0.39, 0.29) is 40.9 Å². The van der Waals surface area contributed by atoms with Gasteiger partial charge in [-0.15, -0.1) is 0 Å². The lowest BCUT2D eigenvalue weighted by atomic mass is 9.81. The van der Waals surface area contributed by atoms with Crippen LogP contribution in [0.25, 0.3) is 0 Å². The number of aromatic nitrogens is 2. The van der Waals surface area contributed by atoms with E-state index in [1.54, 1.807) is 13.8 Å². The first-order valence-corrected chi connectivity index (χ1v) is 8.71.